The highest BCUT2D eigenvalue weighted by Gasteiger charge is 2.17. The van der Waals surface area contributed by atoms with Crippen LogP contribution in [-0.4, -0.2) is 33.4 Å². The highest BCUT2D eigenvalue weighted by atomic mass is 19.1. The van der Waals surface area contributed by atoms with Crippen molar-refractivity contribution < 1.29 is 9.18 Å². The van der Waals surface area contributed by atoms with Gasteiger partial charge in [0.25, 0.3) is 0 Å². The molecule has 0 atom stereocenters. The first-order chi connectivity index (χ1) is 12.6. The number of rotatable bonds is 3. The van der Waals surface area contributed by atoms with Gasteiger partial charge in [0.15, 0.2) is 0 Å². The summed E-state index contributed by atoms with van der Waals surface area (Å²) < 4.78 is 15.5. The van der Waals surface area contributed by atoms with Crippen LogP contribution in [0.2, 0.25) is 0 Å². The van der Waals surface area contributed by atoms with Gasteiger partial charge < -0.3 is 9.47 Å². The number of pyridine rings is 1. The maximum atomic E-state index is 13.5. The molecule has 3 aromatic rings. The molecule has 0 bridgehead atoms. The number of hydrogen-bond acceptors (Lipinski definition) is 2. The van der Waals surface area contributed by atoms with E-state index in [1.165, 1.54) is 12.5 Å². The SMILES string of the molecule is Cc1cc(-c2cnc3ccn(CC(=O)N4CCCCC4)c3c2)ccc1F. The Bertz CT molecular complexity index is 957. The molecular formula is C21H22FN3O. The van der Waals surface area contributed by atoms with Gasteiger partial charge >= 0.3 is 0 Å². The lowest BCUT2D eigenvalue weighted by Crippen LogP contribution is -2.37. The Kier molecular flexibility index (Phi) is 4.45. The van der Waals surface area contributed by atoms with Crippen LogP contribution in [0.1, 0.15) is 24.8 Å². The molecule has 0 unspecified atom stereocenters. The molecule has 1 aromatic carbocycles. The summed E-state index contributed by atoms with van der Waals surface area (Å²) >= 11 is 0. The average Bonchev–Trinajstić information content (AvgIpc) is 3.07. The first-order valence-corrected chi connectivity index (χ1v) is 9.11. The molecule has 134 valence electrons. The van der Waals surface area contributed by atoms with Crippen molar-refractivity contribution in [1.29, 1.82) is 0 Å². The second kappa shape index (κ2) is 6.90. The molecule has 0 aliphatic carbocycles. The van der Waals surface area contributed by atoms with Crippen LogP contribution >= 0.6 is 0 Å². The van der Waals surface area contributed by atoms with Crippen molar-refractivity contribution in [2.24, 2.45) is 0 Å². The van der Waals surface area contributed by atoms with Crippen molar-refractivity contribution >= 4 is 16.9 Å². The quantitative estimate of drug-likeness (QED) is 0.710. The number of aryl methyl sites for hydroxylation is 1. The fourth-order valence-electron chi connectivity index (χ4n) is 3.57. The fourth-order valence-corrected chi connectivity index (χ4v) is 3.57. The molecule has 5 heteroatoms. The first-order valence-electron chi connectivity index (χ1n) is 9.11. The van der Waals surface area contributed by atoms with Gasteiger partial charge in [-0.15, -0.1) is 0 Å². The van der Waals surface area contributed by atoms with Crippen LogP contribution in [0.25, 0.3) is 22.2 Å². The van der Waals surface area contributed by atoms with Gasteiger partial charge in [-0.1, -0.05) is 6.07 Å². The summed E-state index contributed by atoms with van der Waals surface area (Å²) in [4.78, 5) is 19.1. The van der Waals surface area contributed by atoms with E-state index in [0.29, 0.717) is 12.1 Å². The normalized spacial score (nSPS) is 14.8. The van der Waals surface area contributed by atoms with Crippen LogP contribution in [0.4, 0.5) is 4.39 Å². The summed E-state index contributed by atoms with van der Waals surface area (Å²) in [6.07, 6.45) is 7.10. The molecule has 4 rings (SSSR count). The van der Waals surface area contributed by atoms with Gasteiger partial charge in [-0.2, -0.15) is 0 Å². The number of fused-ring (bicyclic) bond motifs is 1. The number of hydrogen-bond donors (Lipinski definition) is 0. The smallest absolute Gasteiger partial charge is 0.242 e. The average molecular weight is 351 g/mol. The zero-order chi connectivity index (χ0) is 18.1. The maximum absolute atomic E-state index is 13.5. The molecule has 0 N–H and O–H groups in total. The molecule has 0 spiro atoms. The molecule has 0 saturated carbocycles. The molecule has 1 fully saturated rings. The van der Waals surface area contributed by atoms with Crippen molar-refractivity contribution in [1.82, 2.24) is 14.5 Å². The second-order valence-electron chi connectivity index (χ2n) is 6.98. The van der Waals surface area contributed by atoms with E-state index in [1.54, 1.807) is 19.2 Å². The van der Waals surface area contributed by atoms with E-state index in [1.807, 2.05) is 33.9 Å². The lowest BCUT2D eigenvalue weighted by atomic mass is 10.0. The number of aromatic nitrogens is 2. The van der Waals surface area contributed by atoms with Gasteiger partial charge in [-0.3, -0.25) is 9.78 Å². The van der Waals surface area contributed by atoms with Crippen molar-refractivity contribution in [2.75, 3.05) is 13.1 Å². The van der Waals surface area contributed by atoms with Gasteiger partial charge in [-0.25, -0.2) is 4.39 Å². The number of amides is 1. The largest absolute Gasteiger partial charge is 0.341 e. The highest BCUT2D eigenvalue weighted by Crippen LogP contribution is 2.25. The predicted molar refractivity (Wildman–Crippen MR) is 100 cm³/mol. The molecule has 3 heterocycles. The zero-order valence-electron chi connectivity index (χ0n) is 14.9. The van der Waals surface area contributed by atoms with E-state index in [4.69, 9.17) is 0 Å². The lowest BCUT2D eigenvalue weighted by Gasteiger charge is -2.27. The topological polar surface area (TPSA) is 38.1 Å². The standard InChI is InChI=1S/C21H22FN3O/c1-15-11-16(5-6-18(15)22)17-12-20-19(23-13-17)7-10-25(20)14-21(26)24-8-3-2-4-9-24/h5-7,10-13H,2-4,8-9,14H2,1H3. The van der Waals surface area contributed by atoms with Crippen LogP contribution in [0, 0.1) is 12.7 Å². The van der Waals surface area contributed by atoms with Crippen molar-refractivity contribution in [3.05, 3.63) is 54.1 Å². The summed E-state index contributed by atoms with van der Waals surface area (Å²) in [6.45, 7) is 3.80. The van der Waals surface area contributed by atoms with E-state index in [2.05, 4.69) is 4.98 Å². The van der Waals surface area contributed by atoms with E-state index in [0.717, 1.165) is 48.1 Å². The molecule has 1 aliphatic heterocycles. The highest BCUT2D eigenvalue weighted by molar-refractivity contribution is 5.84. The summed E-state index contributed by atoms with van der Waals surface area (Å²) in [7, 11) is 0. The van der Waals surface area contributed by atoms with Gasteiger partial charge in [0.2, 0.25) is 5.91 Å². The summed E-state index contributed by atoms with van der Waals surface area (Å²) in [5, 5.41) is 0. The van der Waals surface area contributed by atoms with Crippen LogP contribution in [-0.2, 0) is 11.3 Å². The number of halogens is 1. The Morgan fingerprint density at radius 1 is 1.12 bits per heavy atom. The Labute approximate surface area is 152 Å². The number of carbonyl (C=O) groups excluding carboxylic acids is 1. The van der Waals surface area contributed by atoms with Crippen LogP contribution in [0.15, 0.2) is 42.7 Å². The molecular weight excluding hydrogens is 329 g/mol. The Morgan fingerprint density at radius 3 is 2.69 bits per heavy atom. The minimum absolute atomic E-state index is 0.158. The maximum Gasteiger partial charge on any atom is 0.242 e. The van der Waals surface area contributed by atoms with Gasteiger partial charge in [0.05, 0.1) is 11.0 Å². The number of carbonyl (C=O) groups is 1. The van der Waals surface area contributed by atoms with E-state index in [-0.39, 0.29) is 11.7 Å². The molecule has 0 radical (unpaired) electrons. The molecule has 1 amide bonds. The molecule has 2 aromatic heterocycles. The van der Waals surface area contributed by atoms with Gasteiger partial charge in [0.1, 0.15) is 12.4 Å². The first kappa shape index (κ1) is 16.8. The van der Waals surface area contributed by atoms with Gasteiger partial charge in [-0.05, 0) is 61.6 Å². The third kappa shape index (κ3) is 3.21. The third-order valence-electron chi connectivity index (χ3n) is 5.12. The van der Waals surface area contributed by atoms with E-state index >= 15 is 0 Å². The Hall–Kier alpha value is -2.69. The lowest BCUT2D eigenvalue weighted by molar-refractivity contribution is -0.132. The summed E-state index contributed by atoms with van der Waals surface area (Å²) in [5.41, 5.74) is 4.24. The van der Waals surface area contributed by atoms with Crippen LogP contribution in [0.3, 0.4) is 0 Å². The van der Waals surface area contributed by atoms with E-state index in [9.17, 15) is 9.18 Å². The van der Waals surface area contributed by atoms with Gasteiger partial charge in [0, 0.05) is 31.0 Å². The second-order valence-corrected chi connectivity index (χ2v) is 6.98. The van der Waals surface area contributed by atoms with Crippen LogP contribution in [0.5, 0.6) is 0 Å². The van der Waals surface area contributed by atoms with Crippen LogP contribution < -0.4 is 0 Å². The third-order valence-corrected chi connectivity index (χ3v) is 5.12. The minimum atomic E-state index is -0.210. The Balaban J connectivity index is 1.64. The summed E-state index contributed by atoms with van der Waals surface area (Å²) in [5.74, 6) is -0.0523. The number of piperidine rings is 1. The fraction of sp³-hybridized carbons (Fsp3) is 0.333. The van der Waals surface area contributed by atoms with Crippen molar-refractivity contribution in [2.45, 2.75) is 32.7 Å². The van der Waals surface area contributed by atoms with E-state index < -0.39 is 0 Å². The molecule has 26 heavy (non-hydrogen) atoms. The molecule has 1 saturated heterocycles. The molecule has 1 aliphatic rings. The monoisotopic (exact) mass is 351 g/mol. The number of benzene rings is 1. The van der Waals surface area contributed by atoms with Crippen molar-refractivity contribution in [3.8, 4) is 11.1 Å². The predicted octanol–water partition coefficient (Wildman–Crippen LogP) is 4.16. The summed E-state index contributed by atoms with van der Waals surface area (Å²) in [6, 6.07) is 9.02. The minimum Gasteiger partial charge on any atom is -0.341 e. The number of likely N-dealkylation sites (tertiary alicyclic amines) is 1. The Morgan fingerprint density at radius 2 is 1.92 bits per heavy atom. The number of nitrogens with zero attached hydrogens (tertiary/aromatic N) is 3. The molecule has 4 nitrogen and oxygen atoms in total. The van der Waals surface area contributed by atoms with Crippen molar-refractivity contribution in [3.63, 3.8) is 0 Å². The zero-order valence-corrected chi connectivity index (χ0v) is 14.9.